The molecule has 2 aliphatic rings. The lowest BCUT2D eigenvalue weighted by Crippen LogP contribution is -2.35. The Balaban J connectivity index is 1.52. The summed E-state index contributed by atoms with van der Waals surface area (Å²) in [5, 5.41) is 0. The molecule has 3 heteroatoms. The third-order valence-corrected chi connectivity index (χ3v) is 4.78. The maximum absolute atomic E-state index is 5.64. The number of nitrogen functional groups attached to an aromatic ring is 1. The Kier molecular flexibility index (Phi) is 4.02. The Labute approximate surface area is 116 Å². The van der Waals surface area contributed by atoms with Crippen molar-refractivity contribution in [2.24, 2.45) is 5.92 Å². The molecule has 1 aromatic rings. The molecule has 1 saturated heterocycles. The van der Waals surface area contributed by atoms with E-state index in [-0.39, 0.29) is 0 Å². The Bertz CT molecular complexity index is 395. The van der Waals surface area contributed by atoms with E-state index in [0.29, 0.717) is 5.82 Å². The van der Waals surface area contributed by atoms with Crippen molar-refractivity contribution in [2.45, 2.75) is 51.0 Å². The molecule has 0 aromatic carbocycles. The monoisotopic (exact) mass is 259 g/mol. The normalized spacial score (nSPS) is 25.8. The summed E-state index contributed by atoms with van der Waals surface area (Å²) < 4.78 is 0. The second-order valence-electron chi connectivity index (χ2n) is 6.24. The number of hydrogen-bond acceptors (Lipinski definition) is 3. The molecule has 0 amide bonds. The lowest BCUT2D eigenvalue weighted by atomic mass is 9.94. The number of aromatic nitrogens is 1. The van der Waals surface area contributed by atoms with Gasteiger partial charge in [0.1, 0.15) is 5.82 Å². The number of hydrogen-bond donors (Lipinski definition) is 1. The maximum Gasteiger partial charge on any atom is 0.123 e. The summed E-state index contributed by atoms with van der Waals surface area (Å²) in [6, 6.07) is 4.93. The number of rotatable bonds is 3. The number of anilines is 1. The van der Waals surface area contributed by atoms with Gasteiger partial charge in [0.15, 0.2) is 0 Å². The Morgan fingerprint density at radius 2 is 2.00 bits per heavy atom. The molecule has 19 heavy (non-hydrogen) atoms. The first-order valence-corrected chi connectivity index (χ1v) is 7.76. The second kappa shape index (κ2) is 5.91. The highest BCUT2D eigenvalue weighted by Crippen LogP contribution is 2.29. The average molecular weight is 259 g/mol. The summed E-state index contributed by atoms with van der Waals surface area (Å²) >= 11 is 0. The minimum Gasteiger partial charge on any atom is -0.384 e. The van der Waals surface area contributed by atoms with Crippen LogP contribution in [0.4, 0.5) is 5.82 Å². The van der Waals surface area contributed by atoms with E-state index in [4.69, 9.17) is 5.73 Å². The summed E-state index contributed by atoms with van der Waals surface area (Å²) in [7, 11) is 0. The molecule has 2 fully saturated rings. The van der Waals surface area contributed by atoms with E-state index in [1.807, 2.05) is 12.3 Å². The van der Waals surface area contributed by atoms with Crippen LogP contribution in [0.3, 0.4) is 0 Å². The molecule has 0 radical (unpaired) electrons. The van der Waals surface area contributed by atoms with Gasteiger partial charge in [-0.2, -0.15) is 0 Å². The molecule has 3 nitrogen and oxygen atoms in total. The molecule has 1 unspecified atom stereocenters. The van der Waals surface area contributed by atoms with Crippen LogP contribution >= 0.6 is 0 Å². The van der Waals surface area contributed by atoms with Crippen LogP contribution in [-0.4, -0.2) is 29.0 Å². The Hall–Kier alpha value is -1.09. The van der Waals surface area contributed by atoms with E-state index in [1.54, 1.807) is 0 Å². The average Bonchev–Trinajstić information content (AvgIpc) is 2.91. The van der Waals surface area contributed by atoms with Gasteiger partial charge in [-0.25, -0.2) is 4.98 Å². The molecule has 1 aromatic heterocycles. The maximum atomic E-state index is 5.64. The molecular formula is C16H25N3. The first-order chi connectivity index (χ1) is 9.31. The molecular weight excluding hydrogens is 234 g/mol. The summed E-state index contributed by atoms with van der Waals surface area (Å²) in [5.74, 6) is 1.44. The van der Waals surface area contributed by atoms with Crippen molar-refractivity contribution < 1.29 is 0 Å². The van der Waals surface area contributed by atoms with Crippen LogP contribution < -0.4 is 5.73 Å². The smallest absolute Gasteiger partial charge is 0.123 e. The van der Waals surface area contributed by atoms with Crippen molar-refractivity contribution in [1.82, 2.24) is 9.88 Å². The Morgan fingerprint density at radius 1 is 1.16 bits per heavy atom. The SMILES string of the molecule is Nc1ccc(CC2CCN(C3CCCCC3)C2)cn1. The number of nitrogens with zero attached hydrogens (tertiary/aromatic N) is 2. The van der Waals surface area contributed by atoms with Crippen LogP contribution in [0.25, 0.3) is 0 Å². The number of likely N-dealkylation sites (tertiary alicyclic amines) is 1. The third kappa shape index (κ3) is 3.27. The fraction of sp³-hybridized carbons (Fsp3) is 0.688. The molecule has 0 bridgehead atoms. The first kappa shape index (κ1) is 12.9. The summed E-state index contributed by atoms with van der Waals surface area (Å²) in [5.41, 5.74) is 6.97. The van der Waals surface area contributed by atoms with Crippen molar-refractivity contribution in [1.29, 1.82) is 0 Å². The van der Waals surface area contributed by atoms with Gasteiger partial charge in [0.05, 0.1) is 0 Å². The zero-order chi connectivity index (χ0) is 13.1. The third-order valence-electron chi connectivity index (χ3n) is 4.78. The van der Waals surface area contributed by atoms with Crippen molar-refractivity contribution in [3.63, 3.8) is 0 Å². The van der Waals surface area contributed by atoms with E-state index in [9.17, 15) is 0 Å². The van der Waals surface area contributed by atoms with Crippen molar-refractivity contribution in [2.75, 3.05) is 18.8 Å². The molecule has 0 spiro atoms. The topological polar surface area (TPSA) is 42.1 Å². The van der Waals surface area contributed by atoms with E-state index >= 15 is 0 Å². The largest absolute Gasteiger partial charge is 0.384 e. The van der Waals surface area contributed by atoms with Gasteiger partial charge in [0.25, 0.3) is 0 Å². The highest BCUT2D eigenvalue weighted by molar-refractivity contribution is 5.29. The van der Waals surface area contributed by atoms with Gasteiger partial charge in [-0.15, -0.1) is 0 Å². The number of nitrogens with two attached hydrogens (primary N) is 1. The van der Waals surface area contributed by atoms with E-state index in [0.717, 1.165) is 18.4 Å². The predicted molar refractivity (Wildman–Crippen MR) is 78.9 cm³/mol. The van der Waals surface area contributed by atoms with Gasteiger partial charge in [-0.3, -0.25) is 0 Å². The number of pyridine rings is 1. The highest BCUT2D eigenvalue weighted by atomic mass is 15.2. The minimum absolute atomic E-state index is 0.624. The van der Waals surface area contributed by atoms with E-state index in [1.165, 1.54) is 57.2 Å². The second-order valence-corrected chi connectivity index (χ2v) is 6.24. The fourth-order valence-electron chi connectivity index (χ4n) is 3.70. The van der Waals surface area contributed by atoms with Gasteiger partial charge in [0.2, 0.25) is 0 Å². The van der Waals surface area contributed by atoms with E-state index < -0.39 is 0 Å². The fourth-order valence-corrected chi connectivity index (χ4v) is 3.70. The zero-order valence-electron chi connectivity index (χ0n) is 11.7. The quantitative estimate of drug-likeness (QED) is 0.907. The van der Waals surface area contributed by atoms with Crippen LogP contribution in [0.15, 0.2) is 18.3 Å². The summed E-state index contributed by atoms with van der Waals surface area (Å²) in [6.45, 7) is 2.59. The van der Waals surface area contributed by atoms with Gasteiger partial charge >= 0.3 is 0 Å². The molecule has 2 N–H and O–H groups in total. The van der Waals surface area contributed by atoms with Crippen LogP contribution in [0.5, 0.6) is 0 Å². The minimum atomic E-state index is 0.624. The first-order valence-electron chi connectivity index (χ1n) is 7.76. The molecule has 1 atom stereocenters. The zero-order valence-corrected chi connectivity index (χ0v) is 11.7. The van der Waals surface area contributed by atoms with Crippen LogP contribution in [-0.2, 0) is 6.42 Å². The summed E-state index contributed by atoms with van der Waals surface area (Å²) in [4.78, 5) is 6.94. The highest BCUT2D eigenvalue weighted by Gasteiger charge is 2.28. The molecule has 3 rings (SSSR count). The molecule has 104 valence electrons. The lowest BCUT2D eigenvalue weighted by molar-refractivity contribution is 0.185. The molecule has 1 aliphatic carbocycles. The van der Waals surface area contributed by atoms with Crippen molar-refractivity contribution in [3.8, 4) is 0 Å². The van der Waals surface area contributed by atoms with Gasteiger partial charge in [-0.05, 0) is 49.8 Å². The molecule has 1 aliphatic heterocycles. The standard InChI is InChI=1S/C16H25N3/c17-16-7-6-13(11-18-16)10-14-8-9-19(12-14)15-4-2-1-3-5-15/h6-7,11,14-15H,1-5,8-10,12H2,(H2,17,18). The van der Waals surface area contributed by atoms with Gasteiger partial charge < -0.3 is 10.6 Å². The summed E-state index contributed by atoms with van der Waals surface area (Å²) in [6.07, 6.45) is 11.6. The predicted octanol–water partition coefficient (Wildman–Crippen LogP) is 2.86. The molecule has 2 heterocycles. The van der Waals surface area contributed by atoms with Crippen LogP contribution in [0, 0.1) is 5.92 Å². The van der Waals surface area contributed by atoms with E-state index in [2.05, 4.69) is 16.0 Å². The van der Waals surface area contributed by atoms with Gasteiger partial charge in [0, 0.05) is 18.8 Å². The van der Waals surface area contributed by atoms with Crippen molar-refractivity contribution in [3.05, 3.63) is 23.9 Å². The van der Waals surface area contributed by atoms with Crippen LogP contribution in [0.2, 0.25) is 0 Å². The van der Waals surface area contributed by atoms with Crippen molar-refractivity contribution >= 4 is 5.82 Å². The van der Waals surface area contributed by atoms with Crippen LogP contribution in [0.1, 0.15) is 44.1 Å². The molecule has 1 saturated carbocycles. The Morgan fingerprint density at radius 3 is 2.74 bits per heavy atom. The van der Waals surface area contributed by atoms with Gasteiger partial charge in [-0.1, -0.05) is 25.3 Å². The lowest BCUT2D eigenvalue weighted by Gasteiger charge is -2.31.